The third-order valence-corrected chi connectivity index (χ3v) is 7.13. The number of rotatable bonds is 5. The Morgan fingerprint density at radius 1 is 1.18 bits per heavy atom. The van der Waals surface area contributed by atoms with Crippen LogP contribution >= 0.6 is 0 Å². The Morgan fingerprint density at radius 3 is 2.57 bits per heavy atom. The Balaban J connectivity index is 1.82. The Hall–Kier alpha value is -2.38. The van der Waals surface area contributed by atoms with Gasteiger partial charge in [-0.3, -0.25) is 4.79 Å². The third kappa shape index (κ3) is 4.36. The van der Waals surface area contributed by atoms with Gasteiger partial charge in [0.25, 0.3) is 0 Å². The van der Waals surface area contributed by atoms with E-state index in [2.05, 4.69) is 22.3 Å². The fourth-order valence-electron chi connectivity index (χ4n) is 3.57. The summed E-state index contributed by atoms with van der Waals surface area (Å²) in [4.78, 5) is 13.8. The molecule has 0 aromatic heterocycles. The van der Waals surface area contributed by atoms with E-state index in [1.807, 2.05) is 25.1 Å². The molecule has 0 bridgehead atoms. The first-order valence-electron chi connectivity index (χ1n) is 9.45. The van der Waals surface area contributed by atoms with E-state index >= 15 is 0 Å². The topological polar surface area (TPSA) is 69.7 Å². The van der Waals surface area contributed by atoms with Crippen LogP contribution in [0.4, 0.5) is 11.4 Å². The highest BCUT2D eigenvalue weighted by Crippen LogP contribution is 2.27. The first kappa shape index (κ1) is 20.4. The smallest absolute Gasteiger partial charge is 0.243 e. The number of anilines is 2. The zero-order valence-corrected chi connectivity index (χ0v) is 17.4. The van der Waals surface area contributed by atoms with E-state index in [0.717, 1.165) is 30.6 Å². The average molecular weight is 402 g/mol. The number of aryl methyl sites for hydroxylation is 1. The lowest BCUT2D eigenvalue weighted by molar-refractivity contribution is -0.114. The van der Waals surface area contributed by atoms with E-state index < -0.39 is 10.0 Å². The molecule has 2 aromatic rings. The maximum atomic E-state index is 13.2. The lowest BCUT2D eigenvalue weighted by Crippen LogP contribution is -2.48. The van der Waals surface area contributed by atoms with Gasteiger partial charge in [-0.05, 0) is 49.6 Å². The molecule has 0 aliphatic carbocycles. The number of carbonyl (C=O) groups excluding carboxylic acids is 1. The van der Waals surface area contributed by atoms with Gasteiger partial charge in [-0.2, -0.15) is 4.31 Å². The van der Waals surface area contributed by atoms with Gasteiger partial charge >= 0.3 is 0 Å². The molecule has 1 amide bonds. The molecule has 1 atom stereocenters. The van der Waals surface area contributed by atoms with Gasteiger partial charge in [0.05, 0.1) is 4.90 Å². The number of piperidine rings is 1. The number of nitrogens with one attached hydrogen (secondary N) is 1. The molecule has 3 rings (SSSR count). The Labute approximate surface area is 167 Å². The predicted molar refractivity (Wildman–Crippen MR) is 112 cm³/mol. The zero-order valence-electron chi connectivity index (χ0n) is 16.6. The summed E-state index contributed by atoms with van der Waals surface area (Å²) >= 11 is 0. The highest BCUT2D eigenvalue weighted by Gasteiger charge is 2.32. The molecular weight excluding hydrogens is 374 g/mol. The molecule has 28 heavy (non-hydrogen) atoms. The van der Waals surface area contributed by atoms with E-state index in [-0.39, 0.29) is 16.8 Å². The van der Waals surface area contributed by atoms with Crippen LogP contribution in [-0.4, -0.2) is 44.8 Å². The van der Waals surface area contributed by atoms with Crippen molar-refractivity contribution in [2.45, 2.75) is 37.6 Å². The van der Waals surface area contributed by atoms with Crippen molar-refractivity contribution in [1.29, 1.82) is 0 Å². The number of amides is 1. The summed E-state index contributed by atoms with van der Waals surface area (Å²) in [5.74, 6) is -0.225. The molecule has 6 nitrogen and oxygen atoms in total. The van der Waals surface area contributed by atoms with Gasteiger partial charge in [-0.25, -0.2) is 8.42 Å². The molecule has 1 N–H and O–H groups in total. The first-order valence-corrected chi connectivity index (χ1v) is 10.9. The largest absolute Gasteiger partial charge is 0.370 e. The van der Waals surface area contributed by atoms with Gasteiger partial charge in [0.2, 0.25) is 15.9 Å². The summed E-state index contributed by atoms with van der Waals surface area (Å²) in [6.45, 7) is 4.83. The van der Waals surface area contributed by atoms with Crippen LogP contribution in [-0.2, 0) is 14.8 Å². The average Bonchev–Trinajstić information content (AvgIpc) is 2.69. The molecule has 7 heteroatoms. The number of para-hydroxylation sites is 1. The number of hydrogen-bond donors (Lipinski definition) is 1. The molecule has 1 aliphatic heterocycles. The second-order valence-electron chi connectivity index (χ2n) is 7.26. The number of carbonyl (C=O) groups is 1. The molecule has 2 aromatic carbocycles. The van der Waals surface area contributed by atoms with Crippen LogP contribution in [0.15, 0.2) is 53.4 Å². The van der Waals surface area contributed by atoms with Crippen LogP contribution in [0.3, 0.4) is 0 Å². The van der Waals surface area contributed by atoms with Crippen molar-refractivity contribution in [2.24, 2.45) is 0 Å². The fraction of sp³-hybridized carbons (Fsp3) is 0.381. The summed E-state index contributed by atoms with van der Waals surface area (Å²) in [6, 6.07) is 14.8. The number of nitrogens with zero attached hydrogens (tertiary/aromatic N) is 2. The predicted octanol–water partition coefficient (Wildman–Crippen LogP) is 3.24. The highest BCUT2D eigenvalue weighted by atomic mass is 32.2. The number of likely N-dealkylation sites (N-methyl/N-ethyl adjacent to an activating group) is 1. The second kappa shape index (κ2) is 8.32. The van der Waals surface area contributed by atoms with E-state index in [0.29, 0.717) is 12.2 Å². The minimum Gasteiger partial charge on any atom is -0.370 e. The Kier molecular flexibility index (Phi) is 6.05. The van der Waals surface area contributed by atoms with Crippen molar-refractivity contribution in [3.63, 3.8) is 0 Å². The zero-order chi connectivity index (χ0) is 20.3. The lowest BCUT2D eigenvalue weighted by atomic mass is 10.1. The highest BCUT2D eigenvalue weighted by molar-refractivity contribution is 7.89. The minimum atomic E-state index is -3.66. The fourth-order valence-corrected chi connectivity index (χ4v) is 4.98. The maximum Gasteiger partial charge on any atom is 0.243 e. The van der Waals surface area contributed by atoms with Crippen LogP contribution in [0.5, 0.6) is 0 Å². The first-order chi connectivity index (χ1) is 13.3. The van der Waals surface area contributed by atoms with Crippen molar-refractivity contribution in [1.82, 2.24) is 4.31 Å². The van der Waals surface area contributed by atoms with E-state index in [9.17, 15) is 13.2 Å². The van der Waals surface area contributed by atoms with Crippen molar-refractivity contribution in [2.75, 3.05) is 30.4 Å². The van der Waals surface area contributed by atoms with Crippen LogP contribution in [0.1, 0.15) is 25.3 Å². The van der Waals surface area contributed by atoms with Gasteiger partial charge in [0.1, 0.15) is 0 Å². The van der Waals surface area contributed by atoms with E-state index in [4.69, 9.17) is 0 Å². The maximum absolute atomic E-state index is 13.2. The van der Waals surface area contributed by atoms with Crippen LogP contribution in [0.2, 0.25) is 0 Å². The van der Waals surface area contributed by atoms with E-state index in [1.54, 1.807) is 25.2 Å². The molecule has 1 aliphatic rings. The normalized spacial score (nSPS) is 17.6. The van der Waals surface area contributed by atoms with Crippen molar-refractivity contribution in [3.8, 4) is 0 Å². The van der Waals surface area contributed by atoms with Crippen molar-refractivity contribution >= 4 is 27.3 Å². The molecule has 1 heterocycles. The molecule has 1 unspecified atom stereocenters. The molecule has 1 saturated heterocycles. The molecular formula is C21H27N3O3S. The third-order valence-electron chi connectivity index (χ3n) is 5.23. The minimum absolute atomic E-state index is 0.107. The van der Waals surface area contributed by atoms with Crippen LogP contribution in [0.25, 0.3) is 0 Å². The molecule has 1 fully saturated rings. The molecule has 0 saturated carbocycles. The summed E-state index contributed by atoms with van der Waals surface area (Å²) in [7, 11) is -2.02. The summed E-state index contributed by atoms with van der Waals surface area (Å²) in [5.41, 5.74) is 2.46. The second-order valence-corrected chi connectivity index (χ2v) is 9.25. The van der Waals surface area contributed by atoms with Gasteiger partial charge < -0.3 is 10.2 Å². The van der Waals surface area contributed by atoms with Gasteiger partial charge in [0, 0.05) is 44.5 Å². The Bertz CT molecular complexity index is 945. The number of benzene rings is 2. The number of sulfonamides is 1. The molecule has 150 valence electrons. The Morgan fingerprint density at radius 2 is 1.89 bits per heavy atom. The number of hydrogen-bond acceptors (Lipinski definition) is 4. The lowest BCUT2D eigenvalue weighted by Gasteiger charge is -2.38. The van der Waals surface area contributed by atoms with Gasteiger partial charge in [0.15, 0.2) is 0 Å². The standard InChI is InChI=1S/C21H27N3O3S/c1-16-11-12-20(14-21(16)22-17(2)25)28(26,27)23(3)19-10-7-13-24(15-19)18-8-5-4-6-9-18/h4-6,8-9,11-12,14,19H,7,10,13,15H2,1-3H3,(H,22,25). The molecule has 0 spiro atoms. The monoisotopic (exact) mass is 401 g/mol. The summed E-state index contributed by atoms with van der Waals surface area (Å²) < 4.78 is 27.9. The van der Waals surface area contributed by atoms with E-state index in [1.165, 1.54) is 11.2 Å². The van der Waals surface area contributed by atoms with Crippen molar-refractivity contribution in [3.05, 3.63) is 54.1 Å². The van der Waals surface area contributed by atoms with Gasteiger partial charge in [-0.15, -0.1) is 0 Å². The van der Waals surface area contributed by atoms with Gasteiger partial charge in [-0.1, -0.05) is 24.3 Å². The van der Waals surface area contributed by atoms with Crippen molar-refractivity contribution < 1.29 is 13.2 Å². The summed E-state index contributed by atoms with van der Waals surface area (Å²) in [5, 5.41) is 2.70. The van der Waals surface area contributed by atoms with Crippen LogP contribution < -0.4 is 10.2 Å². The van der Waals surface area contributed by atoms with Crippen LogP contribution in [0, 0.1) is 6.92 Å². The quantitative estimate of drug-likeness (QED) is 0.835. The molecule has 0 radical (unpaired) electrons. The SMILES string of the molecule is CC(=O)Nc1cc(S(=O)(=O)N(C)C2CCCN(c3ccccc3)C2)ccc1C. The summed E-state index contributed by atoms with van der Waals surface area (Å²) in [6.07, 6.45) is 1.76.